The maximum Gasteiger partial charge on any atom is 0.272 e. The first-order valence-electron chi connectivity index (χ1n) is 5.94. The van der Waals surface area contributed by atoms with E-state index in [0.717, 1.165) is 11.1 Å². The summed E-state index contributed by atoms with van der Waals surface area (Å²) in [6.07, 6.45) is 1.37. The van der Waals surface area contributed by atoms with Gasteiger partial charge in [-0.2, -0.15) is 0 Å². The lowest BCUT2D eigenvalue weighted by atomic mass is 10.1. The van der Waals surface area contributed by atoms with E-state index in [2.05, 4.69) is 15.3 Å². The number of rotatable bonds is 4. The molecule has 6 nitrogen and oxygen atoms in total. The molecule has 2 rings (SSSR count). The molecule has 1 aromatic carbocycles. The molecule has 0 atom stereocenters. The fourth-order valence-electron chi connectivity index (χ4n) is 1.85. The zero-order valence-corrected chi connectivity index (χ0v) is 11.8. The largest absolute Gasteiger partial charge is 0.366 e. The van der Waals surface area contributed by atoms with Crippen molar-refractivity contribution in [3.63, 3.8) is 0 Å². The zero-order valence-electron chi connectivity index (χ0n) is 11.1. The van der Waals surface area contributed by atoms with Crippen LogP contribution in [0.2, 0.25) is 5.15 Å². The number of hydrogen-bond donors (Lipinski definition) is 1. The highest BCUT2D eigenvalue weighted by atomic mass is 35.5. The van der Waals surface area contributed by atoms with Crippen LogP contribution in [-0.4, -0.2) is 14.9 Å². The van der Waals surface area contributed by atoms with E-state index in [9.17, 15) is 10.1 Å². The molecule has 1 aromatic heterocycles. The first-order valence-corrected chi connectivity index (χ1v) is 6.32. The number of anilines is 1. The minimum atomic E-state index is -0.383. The molecular weight excluding hydrogens is 280 g/mol. The Morgan fingerprint density at radius 1 is 1.30 bits per heavy atom. The molecule has 104 valence electrons. The smallest absolute Gasteiger partial charge is 0.272 e. The van der Waals surface area contributed by atoms with Crippen molar-refractivity contribution < 1.29 is 4.92 Å². The normalized spacial score (nSPS) is 10.3. The van der Waals surface area contributed by atoms with E-state index in [0.29, 0.717) is 23.1 Å². The van der Waals surface area contributed by atoms with Gasteiger partial charge in [0, 0.05) is 23.7 Å². The molecule has 0 fully saturated rings. The predicted octanol–water partition coefficient (Wildman–Crippen LogP) is 3.27. The number of halogens is 1. The third kappa shape index (κ3) is 2.85. The fourth-order valence-corrected chi connectivity index (χ4v) is 1.98. The number of aromatic nitrogens is 2. The van der Waals surface area contributed by atoms with Crippen LogP contribution in [-0.2, 0) is 6.54 Å². The van der Waals surface area contributed by atoms with Gasteiger partial charge in [-0.25, -0.2) is 9.97 Å². The summed E-state index contributed by atoms with van der Waals surface area (Å²) in [7, 11) is 0. The van der Waals surface area contributed by atoms with E-state index in [-0.39, 0.29) is 10.6 Å². The predicted molar refractivity (Wildman–Crippen MR) is 76.9 cm³/mol. The Hall–Kier alpha value is -2.21. The molecule has 0 unspecified atom stereocenters. The molecule has 2 aromatic rings. The number of nitrogens with zero attached hydrogens (tertiary/aromatic N) is 3. The fraction of sp³-hybridized carbons (Fsp3) is 0.231. The van der Waals surface area contributed by atoms with Crippen LogP contribution in [0.1, 0.15) is 16.7 Å². The van der Waals surface area contributed by atoms with Crippen molar-refractivity contribution in [1.29, 1.82) is 0 Å². The van der Waals surface area contributed by atoms with Crippen LogP contribution in [0, 0.1) is 24.0 Å². The van der Waals surface area contributed by atoms with Crippen molar-refractivity contribution in [2.75, 3.05) is 5.32 Å². The Balaban J connectivity index is 2.21. The molecular formula is C13H13ClN4O2. The molecule has 7 heteroatoms. The molecule has 20 heavy (non-hydrogen) atoms. The van der Waals surface area contributed by atoms with Gasteiger partial charge in [0.2, 0.25) is 0 Å². The van der Waals surface area contributed by atoms with Crippen molar-refractivity contribution >= 4 is 23.1 Å². The number of benzene rings is 1. The number of nitro benzene ring substituents is 1. The second-order valence-corrected chi connectivity index (χ2v) is 4.67. The molecule has 0 bridgehead atoms. The van der Waals surface area contributed by atoms with Crippen molar-refractivity contribution in [2.24, 2.45) is 0 Å². The van der Waals surface area contributed by atoms with E-state index in [1.807, 2.05) is 13.0 Å². The van der Waals surface area contributed by atoms with E-state index in [4.69, 9.17) is 11.6 Å². The van der Waals surface area contributed by atoms with Gasteiger partial charge in [-0.15, -0.1) is 0 Å². The average Bonchev–Trinajstić information content (AvgIpc) is 2.41. The van der Waals surface area contributed by atoms with Gasteiger partial charge in [0.1, 0.15) is 17.3 Å². The number of nitrogens with one attached hydrogen (secondary N) is 1. The van der Waals surface area contributed by atoms with E-state index < -0.39 is 0 Å². The highest BCUT2D eigenvalue weighted by Gasteiger charge is 2.13. The van der Waals surface area contributed by atoms with Crippen LogP contribution in [0.25, 0.3) is 0 Å². The van der Waals surface area contributed by atoms with Crippen molar-refractivity contribution in [3.05, 3.63) is 56.5 Å². The second kappa shape index (κ2) is 5.83. The van der Waals surface area contributed by atoms with Crippen LogP contribution in [0.15, 0.2) is 24.5 Å². The lowest BCUT2D eigenvalue weighted by Gasteiger charge is -2.10. The molecule has 0 aliphatic heterocycles. The summed E-state index contributed by atoms with van der Waals surface area (Å²) >= 11 is 5.91. The van der Waals surface area contributed by atoms with Gasteiger partial charge >= 0.3 is 0 Å². The molecule has 1 N–H and O–H groups in total. The highest BCUT2D eigenvalue weighted by Crippen LogP contribution is 2.23. The SMILES string of the molecule is Cc1c(CNc2ncnc(Cl)c2C)cccc1[N+](=O)[O-]. The van der Waals surface area contributed by atoms with Gasteiger partial charge < -0.3 is 5.32 Å². The summed E-state index contributed by atoms with van der Waals surface area (Å²) in [5.74, 6) is 0.621. The van der Waals surface area contributed by atoms with Crippen LogP contribution in [0.5, 0.6) is 0 Å². The lowest BCUT2D eigenvalue weighted by Crippen LogP contribution is -2.06. The Bertz CT molecular complexity index is 661. The standard InChI is InChI=1S/C13H13ClN4O2/c1-8-10(4-3-5-11(8)18(19)20)6-15-13-9(2)12(14)16-7-17-13/h3-5,7H,6H2,1-2H3,(H,15,16,17). The quantitative estimate of drug-likeness (QED) is 0.531. The number of hydrogen-bond acceptors (Lipinski definition) is 5. The maximum atomic E-state index is 10.9. The minimum Gasteiger partial charge on any atom is -0.366 e. The molecule has 0 aliphatic rings. The summed E-state index contributed by atoms with van der Waals surface area (Å²) < 4.78 is 0. The molecule has 0 radical (unpaired) electrons. The third-order valence-electron chi connectivity index (χ3n) is 3.08. The Morgan fingerprint density at radius 2 is 2.05 bits per heavy atom. The van der Waals surface area contributed by atoms with E-state index in [1.165, 1.54) is 12.4 Å². The molecule has 1 heterocycles. The summed E-state index contributed by atoms with van der Waals surface area (Å²) in [5.41, 5.74) is 2.34. The van der Waals surface area contributed by atoms with Gasteiger partial charge in [-0.05, 0) is 19.4 Å². The first kappa shape index (κ1) is 14.2. The van der Waals surface area contributed by atoms with Gasteiger partial charge in [0.25, 0.3) is 5.69 Å². The second-order valence-electron chi connectivity index (χ2n) is 4.31. The zero-order chi connectivity index (χ0) is 14.7. The van der Waals surface area contributed by atoms with Crippen LogP contribution in [0.3, 0.4) is 0 Å². The van der Waals surface area contributed by atoms with Crippen molar-refractivity contribution in [3.8, 4) is 0 Å². The van der Waals surface area contributed by atoms with Crippen molar-refractivity contribution in [2.45, 2.75) is 20.4 Å². The van der Waals surface area contributed by atoms with Gasteiger partial charge in [-0.1, -0.05) is 23.7 Å². The monoisotopic (exact) mass is 292 g/mol. The van der Waals surface area contributed by atoms with Gasteiger partial charge in [0.05, 0.1) is 4.92 Å². The van der Waals surface area contributed by atoms with Crippen LogP contribution in [0.4, 0.5) is 11.5 Å². The Kier molecular flexibility index (Phi) is 4.14. The minimum absolute atomic E-state index is 0.113. The molecule has 0 saturated carbocycles. The molecule has 0 spiro atoms. The Morgan fingerprint density at radius 3 is 2.75 bits per heavy atom. The van der Waals surface area contributed by atoms with Crippen LogP contribution >= 0.6 is 11.6 Å². The van der Waals surface area contributed by atoms with Gasteiger partial charge in [0.15, 0.2) is 0 Å². The van der Waals surface area contributed by atoms with E-state index >= 15 is 0 Å². The van der Waals surface area contributed by atoms with Crippen molar-refractivity contribution in [1.82, 2.24) is 9.97 Å². The highest BCUT2D eigenvalue weighted by molar-refractivity contribution is 6.30. The van der Waals surface area contributed by atoms with Crippen LogP contribution < -0.4 is 5.32 Å². The average molecular weight is 293 g/mol. The molecule has 0 amide bonds. The Labute approximate surface area is 121 Å². The van der Waals surface area contributed by atoms with E-state index in [1.54, 1.807) is 13.0 Å². The number of nitro groups is 1. The molecule has 0 saturated heterocycles. The summed E-state index contributed by atoms with van der Waals surface area (Å²) in [4.78, 5) is 18.5. The summed E-state index contributed by atoms with van der Waals surface area (Å²) in [6, 6.07) is 5.00. The first-order chi connectivity index (χ1) is 9.50. The third-order valence-corrected chi connectivity index (χ3v) is 3.46. The van der Waals surface area contributed by atoms with Gasteiger partial charge in [-0.3, -0.25) is 10.1 Å². The molecule has 0 aliphatic carbocycles. The summed E-state index contributed by atoms with van der Waals surface area (Å²) in [6.45, 7) is 3.97. The lowest BCUT2D eigenvalue weighted by molar-refractivity contribution is -0.385. The maximum absolute atomic E-state index is 10.9. The topological polar surface area (TPSA) is 81.0 Å². The summed E-state index contributed by atoms with van der Waals surface area (Å²) in [5, 5.41) is 14.4.